The van der Waals surface area contributed by atoms with Crippen LogP contribution in [0, 0.1) is 5.41 Å². The minimum Gasteiger partial charge on any atom is -0.344 e. The van der Waals surface area contributed by atoms with Gasteiger partial charge in [-0.2, -0.15) is 13.2 Å². The van der Waals surface area contributed by atoms with Gasteiger partial charge in [-0.15, -0.1) is 0 Å². The van der Waals surface area contributed by atoms with E-state index in [2.05, 4.69) is 21.6 Å². The van der Waals surface area contributed by atoms with Crippen LogP contribution in [0.5, 0.6) is 0 Å². The van der Waals surface area contributed by atoms with Crippen LogP contribution < -0.4 is 0 Å². The number of hydrogen-bond donors (Lipinski definition) is 0. The highest BCUT2D eigenvalue weighted by Gasteiger charge is 2.51. The minimum atomic E-state index is -4.24. The highest BCUT2D eigenvalue weighted by Crippen LogP contribution is 2.47. The number of allylic oxidation sites excluding steroid dienone is 1. The molecule has 0 saturated heterocycles. The maximum atomic E-state index is 13.6. The normalized spacial score (nSPS) is 22.6. The van der Waals surface area contributed by atoms with Crippen molar-refractivity contribution in [3.63, 3.8) is 0 Å². The fourth-order valence-electron chi connectivity index (χ4n) is 4.33. The summed E-state index contributed by atoms with van der Waals surface area (Å²) in [5.41, 5.74) is 3.69. The van der Waals surface area contributed by atoms with Crippen molar-refractivity contribution in [2.75, 3.05) is 13.6 Å². The monoisotopic (exact) mass is 374 g/mol. The summed E-state index contributed by atoms with van der Waals surface area (Å²) in [6.07, 6.45) is 0.662. The Kier molecular flexibility index (Phi) is 4.46. The molecule has 4 rings (SSSR count). The second kappa shape index (κ2) is 6.55. The zero-order valence-corrected chi connectivity index (χ0v) is 15.8. The molecule has 0 saturated carbocycles. The van der Waals surface area contributed by atoms with Gasteiger partial charge >= 0.3 is 6.18 Å². The molecule has 1 aliphatic carbocycles. The van der Waals surface area contributed by atoms with Gasteiger partial charge in [-0.1, -0.05) is 36.4 Å². The zero-order valence-electron chi connectivity index (χ0n) is 15.8. The first-order valence-electron chi connectivity index (χ1n) is 9.50. The van der Waals surface area contributed by atoms with Crippen LogP contribution in [0.1, 0.15) is 35.0 Å². The zero-order chi connectivity index (χ0) is 19.2. The molecule has 1 unspecified atom stereocenters. The topological polar surface area (TPSA) is 8.17 Å². The van der Waals surface area contributed by atoms with Crippen molar-refractivity contribution in [2.24, 2.45) is 5.41 Å². The van der Waals surface area contributed by atoms with Crippen molar-refractivity contribution >= 4 is 6.08 Å². The van der Waals surface area contributed by atoms with Crippen molar-refractivity contribution in [2.45, 2.75) is 45.5 Å². The summed E-state index contributed by atoms with van der Waals surface area (Å²) in [6, 6.07) is 10.3. The quantitative estimate of drug-likeness (QED) is 0.745. The van der Waals surface area contributed by atoms with E-state index < -0.39 is 11.6 Å². The average Bonchev–Trinajstić information content (AvgIpc) is 2.92. The molecule has 0 bridgehead atoms. The fourth-order valence-corrected chi connectivity index (χ4v) is 4.33. The molecule has 2 nitrogen and oxygen atoms in total. The molecule has 1 aromatic heterocycles. The molecule has 144 valence electrons. The van der Waals surface area contributed by atoms with Gasteiger partial charge in [0.25, 0.3) is 0 Å². The molecule has 2 aliphatic rings. The summed E-state index contributed by atoms with van der Waals surface area (Å²) in [5.74, 6) is 0. The smallest absolute Gasteiger partial charge is 0.344 e. The predicted molar refractivity (Wildman–Crippen MR) is 102 cm³/mol. The number of aryl methyl sites for hydroxylation is 1. The van der Waals surface area contributed by atoms with Gasteiger partial charge < -0.3 is 9.47 Å². The second-order valence-electron chi connectivity index (χ2n) is 8.09. The number of nitrogens with zero attached hydrogens (tertiary/aromatic N) is 2. The molecule has 1 aliphatic heterocycles. The van der Waals surface area contributed by atoms with Crippen molar-refractivity contribution in [1.29, 1.82) is 0 Å². The number of hydrogen-bond acceptors (Lipinski definition) is 1. The lowest BCUT2D eigenvalue weighted by atomic mass is 9.77. The predicted octanol–water partition coefficient (Wildman–Crippen LogP) is 4.86. The van der Waals surface area contributed by atoms with Gasteiger partial charge in [0.2, 0.25) is 0 Å². The molecule has 5 heteroatoms. The van der Waals surface area contributed by atoms with Crippen LogP contribution in [0.25, 0.3) is 6.08 Å². The molecule has 0 spiro atoms. The van der Waals surface area contributed by atoms with Crippen molar-refractivity contribution < 1.29 is 13.2 Å². The van der Waals surface area contributed by atoms with Crippen LogP contribution in [0.3, 0.4) is 0 Å². The Morgan fingerprint density at radius 1 is 1.11 bits per heavy atom. The van der Waals surface area contributed by atoms with E-state index in [1.807, 2.05) is 25.2 Å². The summed E-state index contributed by atoms with van der Waals surface area (Å²) < 4.78 is 43.2. The summed E-state index contributed by atoms with van der Waals surface area (Å²) in [7, 11) is 2.04. The molecular weight excluding hydrogens is 349 g/mol. The summed E-state index contributed by atoms with van der Waals surface area (Å²) in [4.78, 5) is 2.20. The van der Waals surface area contributed by atoms with Crippen molar-refractivity contribution in [3.05, 3.63) is 64.5 Å². The fraction of sp³-hybridized carbons (Fsp3) is 0.455. The Labute approximate surface area is 158 Å². The molecule has 1 aromatic carbocycles. The molecule has 27 heavy (non-hydrogen) atoms. The van der Waals surface area contributed by atoms with Crippen LogP contribution in [-0.2, 0) is 32.4 Å². The lowest BCUT2D eigenvalue weighted by Gasteiger charge is -2.32. The standard InChI is InChI=1S/C22H25F3N2/c1-21(22(23,24)25)11-8-19-17(14-21)18-15-26(2)12-10-20(18)27(19)13-9-16-6-4-3-5-7-16/h3-8,11H,9-10,12-15H2,1-2H3. The Morgan fingerprint density at radius 2 is 1.85 bits per heavy atom. The number of benzene rings is 1. The number of fused-ring (bicyclic) bond motifs is 3. The minimum absolute atomic E-state index is 0.0385. The maximum absolute atomic E-state index is 13.6. The molecular formula is C22H25F3N2. The van der Waals surface area contributed by atoms with E-state index in [-0.39, 0.29) is 6.42 Å². The second-order valence-corrected chi connectivity index (χ2v) is 8.09. The van der Waals surface area contributed by atoms with E-state index in [0.717, 1.165) is 49.3 Å². The third-order valence-corrected chi connectivity index (χ3v) is 6.06. The van der Waals surface area contributed by atoms with Crippen molar-refractivity contribution in [1.82, 2.24) is 9.47 Å². The number of alkyl halides is 3. The number of aromatic nitrogens is 1. The Bertz CT molecular complexity index is 864. The van der Waals surface area contributed by atoms with Gasteiger partial charge in [-0.25, -0.2) is 0 Å². The molecule has 0 N–H and O–H groups in total. The van der Waals surface area contributed by atoms with Gasteiger partial charge in [-0.05, 0) is 49.6 Å². The van der Waals surface area contributed by atoms with Crippen LogP contribution in [-0.4, -0.2) is 29.2 Å². The molecule has 1 atom stereocenters. The van der Waals surface area contributed by atoms with Crippen LogP contribution in [0.2, 0.25) is 0 Å². The number of halogens is 3. The first kappa shape index (κ1) is 18.4. The lowest BCUT2D eigenvalue weighted by molar-refractivity contribution is -0.199. The van der Waals surface area contributed by atoms with Crippen molar-refractivity contribution in [3.8, 4) is 0 Å². The summed E-state index contributed by atoms with van der Waals surface area (Å²) in [5, 5.41) is 0. The third kappa shape index (κ3) is 3.22. The van der Waals surface area contributed by atoms with E-state index in [1.54, 1.807) is 6.08 Å². The molecule has 0 fully saturated rings. The molecule has 0 radical (unpaired) electrons. The maximum Gasteiger partial charge on any atom is 0.397 e. The third-order valence-electron chi connectivity index (χ3n) is 6.06. The Hall–Kier alpha value is -2.01. The van der Waals surface area contributed by atoms with E-state index in [0.29, 0.717) is 0 Å². The molecule has 2 aromatic rings. The van der Waals surface area contributed by atoms with Gasteiger partial charge in [0.1, 0.15) is 0 Å². The van der Waals surface area contributed by atoms with Gasteiger partial charge in [0.05, 0.1) is 5.41 Å². The highest BCUT2D eigenvalue weighted by molar-refractivity contribution is 5.60. The van der Waals surface area contributed by atoms with Gasteiger partial charge in [-0.3, -0.25) is 0 Å². The van der Waals surface area contributed by atoms with E-state index >= 15 is 0 Å². The highest BCUT2D eigenvalue weighted by atomic mass is 19.4. The van der Waals surface area contributed by atoms with E-state index in [1.165, 1.54) is 24.3 Å². The summed E-state index contributed by atoms with van der Waals surface area (Å²) in [6.45, 7) is 3.80. The Balaban J connectivity index is 1.73. The SMILES string of the molecule is CN1CCc2c(c3c(n2CCc2ccccc2)C=CC(C)(C(F)(F)F)C3)C1. The van der Waals surface area contributed by atoms with Gasteiger partial charge in [0.15, 0.2) is 0 Å². The Morgan fingerprint density at radius 3 is 2.56 bits per heavy atom. The molecule has 0 amide bonds. The average molecular weight is 374 g/mol. The number of rotatable bonds is 3. The molecule has 2 heterocycles. The number of likely N-dealkylation sites (N-methyl/N-ethyl adjacent to an activating group) is 1. The first-order chi connectivity index (χ1) is 12.8. The van der Waals surface area contributed by atoms with E-state index in [9.17, 15) is 13.2 Å². The van der Waals surface area contributed by atoms with E-state index in [4.69, 9.17) is 0 Å². The van der Waals surface area contributed by atoms with Gasteiger partial charge in [0, 0.05) is 37.4 Å². The summed E-state index contributed by atoms with van der Waals surface area (Å²) >= 11 is 0. The van der Waals surface area contributed by atoms with Crippen LogP contribution in [0.15, 0.2) is 36.4 Å². The first-order valence-corrected chi connectivity index (χ1v) is 9.50. The lowest BCUT2D eigenvalue weighted by Crippen LogP contribution is -2.37. The van der Waals surface area contributed by atoms with Crippen LogP contribution >= 0.6 is 0 Å². The van der Waals surface area contributed by atoms with Crippen LogP contribution in [0.4, 0.5) is 13.2 Å². The largest absolute Gasteiger partial charge is 0.397 e.